The topological polar surface area (TPSA) is 36.4 Å². The molecule has 0 saturated heterocycles. The molecule has 3 nitrogen and oxygen atoms in total. The minimum absolute atomic E-state index is 0.310. The number of aliphatic hydroxyl groups is 1. The van der Waals surface area contributed by atoms with Gasteiger partial charge >= 0.3 is 0 Å². The van der Waals surface area contributed by atoms with Gasteiger partial charge in [-0.2, -0.15) is 0 Å². The monoisotopic (exact) mass is 508 g/mol. The molecule has 0 aliphatic rings. The van der Waals surface area contributed by atoms with Gasteiger partial charge in [0.2, 0.25) is 0 Å². The van der Waals surface area contributed by atoms with Crippen LogP contribution in [0.4, 0.5) is 0 Å². The third-order valence-corrected chi connectivity index (χ3v) is 7.72. The van der Waals surface area contributed by atoms with Crippen LogP contribution in [-0.2, 0) is 12.0 Å². The molecule has 0 spiro atoms. The molecule has 0 aliphatic heterocycles. The number of hydrogen-bond donors (Lipinski definition) is 1. The van der Waals surface area contributed by atoms with E-state index in [9.17, 15) is 5.11 Å². The smallest absolute Gasteiger partial charge is 0.132 e. The minimum atomic E-state index is -1.17. The van der Waals surface area contributed by atoms with E-state index in [0.717, 1.165) is 56.9 Å². The van der Waals surface area contributed by atoms with Gasteiger partial charge in [-0.05, 0) is 72.1 Å². The molecule has 0 unspecified atom stereocenters. The van der Waals surface area contributed by atoms with Gasteiger partial charge in [-0.25, -0.2) is 4.98 Å². The molecule has 37 heavy (non-hydrogen) atoms. The largest absolute Gasteiger partial charge is 0.384 e. The van der Waals surface area contributed by atoms with Crippen molar-refractivity contribution >= 4 is 33.3 Å². The summed E-state index contributed by atoms with van der Waals surface area (Å²) < 4.78 is 0. The van der Waals surface area contributed by atoms with Crippen LogP contribution in [-0.4, -0.2) is 35.6 Å². The van der Waals surface area contributed by atoms with Gasteiger partial charge < -0.3 is 10.0 Å². The van der Waals surface area contributed by atoms with E-state index < -0.39 is 5.60 Å². The van der Waals surface area contributed by atoms with Gasteiger partial charge in [0.15, 0.2) is 0 Å². The van der Waals surface area contributed by atoms with Crippen molar-refractivity contribution < 1.29 is 5.11 Å². The Morgan fingerprint density at radius 2 is 1.57 bits per heavy atom. The SMILES string of the molecule is CCc1cc2ccc([C@H](c3ccccc3)[C@@](O)(CCN(C)C)c3cccc4ccccc34)cc2nc1Cl. The summed E-state index contributed by atoms with van der Waals surface area (Å²) >= 11 is 6.52. The number of fused-ring (bicyclic) bond motifs is 2. The van der Waals surface area contributed by atoms with E-state index in [4.69, 9.17) is 16.6 Å². The van der Waals surface area contributed by atoms with Gasteiger partial charge in [-0.1, -0.05) is 103 Å². The second-order valence-electron chi connectivity index (χ2n) is 10.1. The number of benzene rings is 4. The number of halogens is 1. The molecular formula is C33H33ClN2O. The molecule has 0 aliphatic carbocycles. The average molecular weight is 509 g/mol. The average Bonchev–Trinajstić information content (AvgIpc) is 2.92. The highest BCUT2D eigenvalue weighted by molar-refractivity contribution is 6.30. The lowest BCUT2D eigenvalue weighted by molar-refractivity contribution is 0.00592. The summed E-state index contributed by atoms with van der Waals surface area (Å²) in [5, 5.41) is 16.7. The summed E-state index contributed by atoms with van der Waals surface area (Å²) in [7, 11) is 4.10. The number of rotatable bonds is 8. The number of aromatic nitrogens is 1. The molecule has 0 saturated carbocycles. The second-order valence-corrected chi connectivity index (χ2v) is 10.4. The predicted octanol–water partition coefficient (Wildman–Crippen LogP) is 7.58. The molecular weight excluding hydrogens is 476 g/mol. The molecule has 4 aromatic carbocycles. The van der Waals surface area contributed by atoms with Crippen molar-refractivity contribution in [1.82, 2.24) is 9.88 Å². The Balaban J connectivity index is 1.77. The fourth-order valence-corrected chi connectivity index (χ4v) is 5.73. The second kappa shape index (κ2) is 10.6. The van der Waals surface area contributed by atoms with Crippen LogP contribution in [0.5, 0.6) is 0 Å². The van der Waals surface area contributed by atoms with Gasteiger partial charge in [0.1, 0.15) is 10.8 Å². The zero-order valence-electron chi connectivity index (χ0n) is 21.7. The molecule has 5 rings (SSSR count). The van der Waals surface area contributed by atoms with Gasteiger partial charge in [0.25, 0.3) is 0 Å². The van der Waals surface area contributed by atoms with Crippen LogP contribution < -0.4 is 0 Å². The quantitative estimate of drug-likeness (QED) is 0.219. The number of nitrogens with zero attached hydrogens (tertiary/aromatic N) is 2. The van der Waals surface area contributed by atoms with E-state index in [-0.39, 0.29) is 5.92 Å². The van der Waals surface area contributed by atoms with Crippen molar-refractivity contribution in [2.75, 3.05) is 20.6 Å². The first kappa shape index (κ1) is 25.4. The Morgan fingerprint density at radius 1 is 0.838 bits per heavy atom. The molecule has 1 N–H and O–H groups in total. The summed E-state index contributed by atoms with van der Waals surface area (Å²) in [5.74, 6) is -0.310. The number of pyridine rings is 1. The van der Waals surface area contributed by atoms with E-state index in [0.29, 0.717) is 11.6 Å². The third kappa shape index (κ3) is 5.00. The van der Waals surface area contributed by atoms with E-state index in [2.05, 4.69) is 72.5 Å². The number of aryl methyl sites for hydroxylation is 1. The minimum Gasteiger partial charge on any atom is -0.384 e. The lowest BCUT2D eigenvalue weighted by Gasteiger charge is -2.39. The lowest BCUT2D eigenvalue weighted by Crippen LogP contribution is -2.37. The fraction of sp³-hybridized carbons (Fsp3) is 0.242. The summed E-state index contributed by atoms with van der Waals surface area (Å²) in [6.07, 6.45) is 1.40. The molecule has 0 radical (unpaired) electrons. The van der Waals surface area contributed by atoms with Crippen LogP contribution in [0.2, 0.25) is 5.15 Å². The first-order chi connectivity index (χ1) is 17.9. The van der Waals surface area contributed by atoms with Crippen LogP contribution in [0, 0.1) is 0 Å². The van der Waals surface area contributed by atoms with E-state index in [1.54, 1.807) is 0 Å². The molecule has 0 amide bonds. The maximum atomic E-state index is 12.9. The van der Waals surface area contributed by atoms with Gasteiger partial charge in [0.05, 0.1) is 5.52 Å². The van der Waals surface area contributed by atoms with Crippen molar-refractivity contribution in [3.63, 3.8) is 0 Å². The normalized spacial score (nSPS) is 14.2. The highest BCUT2D eigenvalue weighted by Gasteiger charge is 2.41. The van der Waals surface area contributed by atoms with Crippen LogP contribution in [0.25, 0.3) is 21.7 Å². The number of hydrogen-bond acceptors (Lipinski definition) is 3. The summed E-state index contributed by atoms with van der Waals surface area (Å²) in [6.45, 7) is 2.82. The maximum Gasteiger partial charge on any atom is 0.132 e. The Labute approximate surface area is 224 Å². The summed E-state index contributed by atoms with van der Waals surface area (Å²) in [6, 6.07) is 33.3. The maximum absolute atomic E-state index is 12.9. The van der Waals surface area contributed by atoms with Crippen molar-refractivity contribution in [2.24, 2.45) is 0 Å². The van der Waals surface area contributed by atoms with Crippen molar-refractivity contribution in [3.8, 4) is 0 Å². The first-order valence-electron chi connectivity index (χ1n) is 12.9. The highest BCUT2D eigenvalue weighted by Crippen LogP contribution is 2.46. The van der Waals surface area contributed by atoms with Crippen molar-refractivity contribution in [1.29, 1.82) is 0 Å². The Morgan fingerprint density at radius 3 is 2.32 bits per heavy atom. The molecule has 1 heterocycles. The van der Waals surface area contributed by atoms with Crippen LogP contribution in [0.3, 0.4) is 0 Å². The van der Waals surface area contributed by atoms with Crippen molar-refractivity contribution in [2.45, 2.75) is 31.3 Å². The Hall–Kier alpha value is -3.24. The van der Waals surface area contributed by atoms with E-state index in [1.807, 2.05) is 50.5 Å². The van der Waals surface area contributed by atoms with Gasteiger partial charge in [0, 0.05) is 17.8 Å². The van der Waals surface area contributed by atoms with Crippen molar-refractivity contribution in [3.05, 3.63) is 124 Å². The van der Waals surface area contributed by atoms with Gasteiger partial charge in [-0.15, -0.1) is 0 Å². The zero-order valence-corrected chi connectivity index (χ0v) is 22.4. The standard InChI is InChI=1S/C33H33ClN2O/c1-4-23-21-26-17-18-27(22-30(26)35-32(23)34)31(25-12-6-5-7-13-25)33(37,19-20-36(2)3)29-16-10-14-24-11-8-9-15-28(24)29/h5-18,21-22,31,37H,4,19-20H2,1-3H3/t31-,33+/m0/s1. The summed E-state index contributed by atoms with van der Waals surface area (Å²) in [4.78, 5) is 6.87. The van der Waals surface area contributed by atoms with Crippen LogP contribution in [0.15, 0.2) is 97.1 Å². The Bertz CT molecular complexity index is 1530. The highest BCUT2D eigenvalue weighted by atomic mass is 35.5. The molecule has 1 aromatic heterocycles. The van der Waals surface area contributed by atoms with Gasteiger partial charge in [-0.3, -0.25) is 0 Å². The molecule has 0 fully saturated rings. The molecule has 2 atom stereocenters. The van der Waals surface area contributed by atoms with Crippen LogP contribution in [0.1, 0.15) is 41.5 Å². The Kier molecular flexibility index (Phi) is 7.30. The van der Waals surface area contributed by atoms with E-state index >= 15 is 0 Å². The van der Waals surface area contributed by atoms with Crippen LogP contribution >= 0.6 is 11.6 Å². The zero-order chi connectivity index (χ0) is 26.0. The molecule has 0 bridgehead atoms. The molecule has 4 heteroatoms. The summed E-state index contributed by atoms with van der Waals surface area (Å²) in [5.41, 5.74) is 3.72. The van der Waals surface area contributed by atoms with E-state index in [1.165, 1.54) is 0 Å². The predicted molar refractivity (Wildman–Crippen MR) is 155 cm³/mol. The molecule has 5 aromatic rings. The fourth-order valence-electron chi connectivity index (χ4n) is 5.45. The first-order valence-corrected chi connectivity index (χ1v) is 13.3. The molecule has 188 valence electrons. The lowest BCUT2D eigenvalue weighted by atomic mass is 9.70. The third-order valence-electron chi connectivity index (χ3n) is 7.39.